The summed E-state index contributed by atoms with van der Waals surface area (Å²) in [4.78, 5) is 26.3. The van der Waals surface area contributed by atoms with Crippen molar-refractivity contribution in [1.29, 1.82) is 0 Å². The molecule has 2 N–H and O–H groups in total. The van der Waals surface area contributed by atoms with E-state index in [1.54, 1.807) is 6.07 Å². The van der Waals surface area contributed by atoms with Crippen LogP contribution in [-0.2, 0) is 4.74 Å². The standard InChI is InChI=1S/C16H24N4O4/c1-16(2,3)24-15(21)19-13-7-5-4-6-12(13)18-14-9-8-11(10-17-14)20(22)23/h8-10,12-13H,4-7H2,1-3H3,(H,17,18)(H,19,21). The van der Waals surface area contributed by atoms with Crippen LogP contribution in [0.25, 0.3) is 0 Å². The molecule has 132 valence electrons. The maximum atomic E-state index is 12.0. The van der Waals surface area contributed by atoms with E-state index in [0.717, 1.165) is 25.7 Å². The van der Waals surface area contributed by atoms with Crippen LogP contribution >= 0.6 is 0 Å². The van der Waals surface area contributed by atoms with Crippen molar-refractivity contribution in [1.82, 2.24) is 10.3 Å². The number of aromatic nitrogens is 1. The van der Waals surface area contributed by atoms with E-state index in [0.29, 0.717) is 5.82 Å². The average Bonchev–Trinajstić information content (AvgIpc) is 2.48. The van der Waals surface area contributed by atoms with Crippen LogP contribution in [0.1, 0.15) is 46.5 Å². The SMILES string of the molecule is CC(C)(C)OC(=O)NC1CCCCC1Nc1ccc([N+](=O)[O-])cn1. The maximum Gasteiger partial charge on any atom is 0.407 e. The van der Waals surface area contributed by atoms with Gasteiger partial charge in [0.15, 0.2) is 0 Å². The smallest absolute Gasteiger partial charge is 0.407 e. The van der Waals surface area contributed by atoms with Gasteiger partial charge >= 0.3 is 6.09 Å². The predicted molar refractivity (Wildman–Crippen MR) is 89.9 cm³/mol. The molecular weight excluding hydrogens is 312 g/mol. The van der Waals surface area contributed by atoms with Crippen LogP contribution in [0.4, 0.5) is 16.3 Å². The first-order chi connectivity index (χ1) is 11.2. The van der Waals surface area contributed by atoms with Crippen LogP contribution < -0.4 is 10.6 Å². The topological polar surface area (TPSA) is 106 Å². The predicted octanol–water partition coefficient (Wildman–Crippen LogP) is 3.24. The number of hydrogen-bond acceptors (Lipinski definition) is 6. The van der Waals surface area contributed by atoms with Crippen molar-refractivity contribution in [3.8, 4) is 0 Å². The molecule has 1 aliphatic carbocycles. The lowest BCUT2D eigenvalue weighted by Gasteiger charge is -2.33. The molecule has 0 saturated heterocycles. The average molecular weight is 336 g/mol. The summed E-state index contributed by atoms with van der Waals surface area (Å²) in [5, 5.41) is 16.9. The molecule has 1 saturated carbocycles. The first-order valence-electron chi connectivity index (χ1n) is 8.11. The number of pyridine rings is 1. The summed E-state index contributed by atoms with van der Waals surface area (Å²) in [6.07, 6.45) is 4.62. The summed E-state index contributed by atoms with van der Waals surface area (Å²) in [5.41, 5.74) is -0.589. The molecule has 1 heterocycles. The lowest BCUT2D eigenvalue weighted by atomic mass is 9.90. The number of nitro groups is 1. The number of carbonyl (C=O) groups is 1. The summed E-state index contributed by atoms with van der Waals surface area (Å²) in [7, 11) is 0. The molecule has 2 atom stereocenters. The number of rotatable bonds is 4. The Hall–Kier alpha value is -2.38. The van der Waals surface area contributed by atoms with Gasteiger partial charge in [-0.1, -0.05) is 12.8 Å². The van der Waals surface area contributed by atoms with Crippen molar-refractivity contribution in [2.75, 3.05) is 5.32 Å². The van der Waals surface area contributed by atoms with E-state index in [2.05, 4.69) is 15.6 Å². The maximum absolute atomic E-state index is 12.0. The number of nitrogens with one attached hydrogen (secondary N) is 2. The van der Waals surface area contributed by atoms with Gasteiger partial charge in [0.25, 0.3) is 5.69 Å². The number of carbonyl (C=O) groups excluding carboxylic acids is 1. The number of alkyl carbamates (subject to hydrolysis) is 1. The quantitative estimate of drug-likeness (QED) is 0.646. The molecule has 0 aromatic carbocycles. The molecule has 1 aromatic heterocycles. The van der Waals surface area contributed by atoms with Gasteiger partial charge in [-0.05, 0) is 39.7 Å². The van der Waals surface area contributed by atoms with E-state index in [9.17, 15) is 14.9 Å². The highest BCUT2D eigenvalue weighted by atomic mass is 16.6. The summed E-state index contributed by atoms with van der Waals surface area (Å²) >= 11 is 0. The second-order valence-corrected chi connectivity index (χ2v) is 6.95. The van der Waals surface area contributed by atoms with E-state index in [4.69, 9.17) is 4.74 Å². The van der Waals surface area contributed by atoms with Gasteiger partial charge in [0, 0.05) is 12.1 Å². The molecule has 0 bridgehead atoms. The fraction of sp³-hybridized carbons (Fsp3) is 0.625. The van der Waals surface area contributed by atoms with Crippen molar-refractivity contribution in [2.24, 2.45) is 0 Å². The molecule has 2 rings (SSSR count). The van der Waals surface area contributed by atoms with E-state index < -0.39 is 16.6 Å². The Morgan fingerprint density at radius 1 is 1.29 bits per heavy atom. The largest absolute Gasteiger partial charge is 0.444 e. The van der Waals surface area contributed by atoms with Gasteiger partial charge in [0.05, 0.1) is 11.0 Å². The third kappa shape index (κ3) is 5.36. The minimum Gasteiger partial charge on any atom is -0.444 e. The fourth-order valence-corrected chi connectivity index (χ4v) is 2.70. The van der Waals surface area contributed by atoms with Crippen molar-refractivity contribution >= 4 is 17.6 Å². The number of amides is 1. The van der Waals surface area contributed by atoms with Crippen molar-refractivity contribution in [3.63, 3.8) is 0 Å². The summed E-state index contributed by atoms with van der Waals surface area (Å²) in [6.45, 7) is 5.47. The third-order valence-electron chi connectivity index (χ3n) is 3.76. The van der Waals surface area contributed by atoms with Gasteiger partial charge < -0.3 is 15.4 Å². The lowest BCUT2D eigenvalue weighted by molar-refractivity contribution is -0.385. The Morgan fingerprint density at radius 2 is 1.96 bits per heavy atom. The number of hydrogen-bond donors (Lipinski definition) is 2. The van der Waals surface area contributed by atoms with E-state index in [-0.39, 0.29) is 17.8 Å². The molecule has 0 aliphatic heterocycles. The first kappa shape index (κ1) is 18.0. The summed E-state index contributed by atoms with van der Waals surface area (Å²) in [6, 6.07) is 2.94. The summed E-state index contributed by atoms with van der Waals surface area (Å²) in [5.74, 6) is 0.559. The van der Waals surface area contributed by atoms with Crippen LogP contribution in [-0.4, -0.2) is 33.7 Å². The van der Waals surface area contributed by atoms with Crippen LogP contribution in [0.15, 0.2) is 18.3 Å². The van der Waals surface area contributed by atoms with Gasteiger partial charge in [-0.2, -0.15) is 0 Å². The number of anilines is 1. The van der Waals surface area contributed by atoms with Gasteiger partial charge in [-0.3, -0.25) is 10.1 Å². The highest BCUT2D eigenvalue weighted by Gasteiger charge is 2.28. The van der Waals surface area contributed by atoms with Crippen LogP contribution in [0, 0.1) is 10.1 Å². The summed E-state index contributed by atoms with van der Waals surface area (Å²) < 4.78 is 5.31. The highest BCUT2D eigenvalue weighted by molar-refractivity contribution is 5.68. The molecule has 0 spiro atoms. The molecule has 8 heteroatoms. The monoisotopic (exact) mass is 336 g/mol. The Morgan fingerprint density at radius 3 is 2.50 bits per heavy atom. The molecule has 0 radical (unpaired) electrons. The second kappa shape index (κ2) is 7.46. The zero-order valence-electron chi connectivity index (χ0n) is 14.2. The zero-order chi connectivity index (χ0) is 17.7. The minimum absolute atomic E-state index is 0.0141. The van der Waals surface area contributed by atoms with Crippen molar-refractivity contribution in [3.05, 3.63) is 28.4 Å². The molecule has 1 fully saturated rings. The lowest BCUT2D eigenvalue weighted by Crippen LogP contribution is -2.49. The first-order valence-corrected chi connectivity index (χ1v) is 8.11. The van der Waals surface area contributed by atoms with E-state index >= 15 is 0 Å². The molecule has 1 amide bonds. The number of nitrogens with zero attached hydrogens (tertiary/aromatic N) is 2. The van der Waals surface area contributed by atoms with Gasteiger partial charge in [-0.25, -0.2) is 9.78 Å². The van der Waals surface area contributed by atoms with Crippen molar-refractivity contribution in [2.45, 2.75) is 64.1 Å². The van der Waals surface area contributed by atoms with Crippen molar-refractivity contribution < 1.29 is 14.5 Å². The van der Waals surface area contributed by atoms with E-state index in [1.807, 2.05) is 20.8 Å². The molecule has 2 unspecified atom stereocenters. The highest BCUT2D eigenvalue weighted by Crippen LogP contribution is 2.23. The molecule has 1 aromatic rings. The molecular formula is C16H24N4O4. The van der Waals surface area contributed by atoms with Gasteiger partial charge in [0.1, 0.15) is 17.6 Å². The third-order valence-corrected chi connectivity index (χ3v) is 3.76. The second-order valence-electron chi connectivity index (χ2n) is 6.95. The molecule has 8 nitrogen and oxygen atoms in total. The molecule has 1 aliphatic rings. The van der Waals surface area contributed by atoms with Crippen LogP contribution in [0.2, 0.25) is 0 Å². The zero-order valence-corrected chi connectivity index (χ0v) is 14.2. The Kier molecular flexibility index (Phi) is 5.58. The minimum atomic E-state index is -0.540. The Labute approximate surface area is 141 Å². The van der Waals surface area contributed by atoms with Crippen LogP contribution in [0.5, 0.6) is 0 Å². The Balaban J connectivity index is 1.98. The van der Waals surface area contributed by atoms with Gasteiger partial charge in [-0.15, -0.1) is 0 Å². The molecule has 24 heavy (non-hydrogen) atoms. The van der Waals surface area contributed by atoms with Gasteiger partial charge in [0.2, 0.25) is 0 Å². The Bertz CT molecular complexity index is 583. The fourth-order valence-electron chi connectivity index (χ4n) is 2.70. The van der Waals surface area contributed by atoms with E-state index in [1.165, 1.54) is 12.3 Å². The normalized spacial score (nSPS) is 21.0. The number of ether oxygens (including phenoxy) is 1. The van der Waals surface area contributed by atoms with Crippen LogP contribution in [0.3, 0.4) is 0 Å².